The molecule has 0 spiro atoms. The summed E-state index contributed by atoms with van der Waals surface area (Å²) in [5.41, 5.74) is 1.46. The maximum absolute atomic E-state index is 12.3. The van der Waals surface area contributed by atoms with Gasteiger partial charge in [-0.2, -0.15) is 9.97 Å². The van der Waals surface area contributed by atoms with Crippen molar-refractivity contribution in [2.75, 3.05) is 24.4 Å². The predicted molar refractivity (Wildman–Crippen MR) is 150 cm³/mol. The third kappa shape index (κ3) is 7.82. The second-order valence-electron chi connectivity index (χ2n) is 10.9. The highest BCUT2D eigenvalue weighted by molar-refractivity contribution is 6.76. The summed E-state index contributed by atoms with van der Waals surface area (Å²) in [6.07, 6.45) is -0.177. The summed E-state index contributed by atoms with van der Waals surface area (Å²) in [5.74, 6) is 0.263. The number of carbonyl (C=O) groups is 2. The molecule has 0 aliphatic rings. The lowest BCUT2D eigenvalue weighted by atomic mass is 10.0. The third-order valence-electron chi connectivity index (χ3n) is 5.28. The van der Waals surface area contributed by atoms with Crippen molar-refractivity contribution in [3.05, 3.63) is 29.7 Å². The smallest absolute Gasteiger partial charge is 0.412 e. The topological polar surface area (TPSA) is 137 Å². The minimum absolute atomic E-state index is 0.0208. The number of benzene rings is 1. The largest absolute Gasteiger partial charge is 0.480 e. The molecule has 2 aromatic heterocycles. The molecule has 3 N–H and O–H groups in total. The Morgan fingerprint density at radius 2 is 1.84 bits per heavy atom. The number of methoxy groups -OCH3 is 1. The maximum atomic E-state index is 12.3. The van der Waals surface area contributed by atoms with Crippen LogP contribution in [0, 0.1) is 0 Å². The van der Waals surface area contributed by atoms with Crippen LogP contribution in [0.3, 0.4) is 0 Å². The second kappa shape index (κ2) is 11.6. The lowest BCUT2D eigenvalue weighted by Crippen LogP contribution is -2.27. The summed E-state index contributed by atoms with van der Waals surface area (Å²) in [6.45, 7) is 12.9. The molecule has 0 atom stereocenters. The number of fused-ring (bicyclic) bond motifs is 1. The van der Waals surface area contributed by atoms with Crippen LogP contribution < -0.4 is 15.4 Å². The van der Waals surface area contributed by atoms with Gasteiger partial charge in [0.25, 0.3) is 0 Å². The van der Waals surface area contributed by atoms with E-state index in [4.69, 9.17) is 25.8 Å². The van der Waals surface area contributed by atoms with E-state index in [-0.39, 0.29) is 29.3 Å². The summed E-state index contributed by atoms with van der Waals surface area (Å²) in [4.78, 5) is 32.5. The van der Waals surface area contributed by atoms with Crippen LogP contribution in [0.15, 0.2) is 24.4 Å². The van der Waals surface area contributed by atoms with Gasteiger partial charge in [-0.05, 0) is 56.1 Å². The average Bonchev–Trinajstić information content (AvgIpc) is 3.13. The van der Waals surface area contributed by atoms with Crippen LogP contribution in [0.25, 0.3) is 22.2 Å². The van der Waals surface area contributed by atoms with Crippen molar-refractivity contribution in [2.24, 2.45) is 0 Å². The molecule has 0 radical (unpaired) electrons. The molecule has 3 rings (SSSR count). The Kier molecular flexibility index (Phi) is 8.90. The van der Waals surface area contributed by atoms with Crippen LogP contribution >= 0.6 is 11.6 Å². The first kappa shape index (κ1) is 29.2. The number of hydrogen-bond donors (Lipinski definition) is 3. The fourth-order valence-corrected chi connectivity index (χ4v) is 4.50. The van der Waals surface area contributed by atoms with Crippen molar-refractivity contribution in [3.63, 3.8) is 0 Å². The van der Waals surface area contributed by atoms with Crippen LogP contribution in [0.5, 0.6) is 5.88 Å². The van der Waals surface area contributed by atoms with Crippen molar-refractivity contribution in [1.29, 1.82) is 0 Å². The van der Waals surface area contributed by atoms with Crippen molar-refractivity contribution < 1.29 is 28.9 Å². The Balaban J connectivity index is 2.05. The summed E-state index contributed by atoms with van der Waals surface area (Å²) >= 11 is 6.17. The molecule has 1 aromatic carbocycles. The van der Waals surface area contributed by atoms with Gasteiger partial charge in [-0.3, -0.25) is 10.6 Å². The van der Waals surface area contributed by atoms with E-state index < -0.39 is 25.9 Å². The Bertz CT molecular complexity index is 1330. The van der Waals surface area contributed by atoms with E-state index >= 15 is 0 Å². The van der Waals surface area contributed by atoms with Gasteiger partial charge in [-0.1, -0.05) is 25.7 Å². The number of carbonyl (C=O) groups excluding carboxylic acids is 1. The molecule has 2 heterocycles. The van der Waals surface area contributed by atoms with Gasteiger partial charge < -0.3 is 23.9 Å². The van der Waals surface area contributed by atoms with Gasteiger partial charge in [-0.25, -0.2) is 9.59 Å². The molecule has 0 unspecified atom stereocenters. The predicted octanol–water partition coefficient (Wildman–Crippen LogP) is 6.51. The molecule has 11 nitrogen and oxygen atoms in total. The maximum Gasteiger partial charge on any atom is 0.412 e. The van der Waals surface area contributed by atoms with Crippen LogP contribution in [-0.2, 0) is 16.2 Å². The van der Waals surface area contributed by atoms with Gasteiger partial charge in [-0.15, -0.1) is 0 Å². The molecule has 0 aliphatic carbocycles. The minimum Gasteiger partial charge on any atom is -0.480 e. The molecular weight excluding hydrogens is 530 g/mol. The molecule has 206 valence electrons. The van der Waals surface area contributed by atoms with Crippen LogP contribution in [0.4, 0.5) is 21.0 Å². The number of amides is 2. The number of halogens is 1. The zero-order chi connectivity index (χ0) is 28.3. The number of anilines is 2. The summed E-state index contributed by atoms with van der Waals surface area (Å²) in [5, 5.41) is 14.9. The van der Waals surface area contributed by atoms with E-state index in [0.717, 1.165) is 6.04 Å². The number of rotatable bonds is 9. The minimum atomic E-state index is -1.29. The fourth-order valence-electron chi connectivity index (χ4n) is 3.59. The molecule has 0 fully saturated rings. The first-order chi connectivity index (χ1) is 17.7. The number of hydrogen-bond acceptors (Lipinski definition) is 7. The monoisotopic (exact) mass is 563 g/mol. The summed E-state index contributed by atoms with van der Waals surface area (Å²) in [7, 11) is 0.216. The normalized spacial score (nSPS) is 11.9. The molecule has 38 heavy (non-hydrogen) atoms. The lowest BCUT2D eigenvalue weighted by Gasteiger charge is -2.20. The molecule has 0 bridgehead atoms. The average molecular weight is 564 g/mol. The highest BCUT2D eigenvalue weighted by Gasteiger charge is 2.22. The Hall–Kier alpha value is -3.35. The Morgan fingerprint density at radius 1 is 1.13 bits per heavy atom. The lowest BCUT2D eigenvalue weighted by molar-refractivity contribution is 0.0636. The zero-order valence-electron chi connectivity index (χ0n) is 22.6. The number of nitrogens with one attached hydrogen (secondary N) is 2. The van der Waals surface area contributed by atoms with Gasteiger partial charge in [0.2, 0.25) is 11.2 Å². The first-order valence-corrected chi connectivity index (χ1v) is 16.1. The van der Waals surface area contributed by atoms with Crippen LogP contribution in [0.1, 0.15) is 20.8 Å². The fraction of sp³-hybridized carbons (Fsp3) is 0.440. The standard InChI is InChI=1S/C25H34ClN5O6Si/c1-25(2,3)37-24(34)28-17-9-8-15(12-18(17)27-23(32)33)16-13-31(14-36-10-11-38(5,6)7)20-19(16)21(35-4)30-22(26)29-20/h8-9,12-13,27H,10-11,14H2,1-7H3,(H,28,34)(H,32,33). The molecular formula is C25H34ClN5O6Si. The molecule has 0 saturated carbocycles. The van der Waals surface area contributed by atoms with E-state index in [1.165, 1.54) is 7.11 Å². The number of carboxylic acid groups (broad SMARTS) is 1. The number of ether oxygens (including phenoxy) is 3. The third-order valence-corrected chi connectivity index (χ3v) is 7.16. The van der Waals surface area contributed by atoms with Crippen LogP contribution in [0.2, 0.25) is 31.0 Å². The molecule has 3 aromatic rings. The zero-order valence-corrected chi connectivity index (χ0v) is 24.4. The molecule has 13 heteroatoms. The van der Waals surface area contributed by atoms with Gasteiger partial charge in [0.05, 0.1) is 23.9 Å². The van der Waals surface area contributed by atoms with E-state index in [1.54, 1.807) is 39.0 Å². The number of nitrogens with zero attached hydrogens (tertiary/aromatic N) is 3. The van der Waals surface area contributed by atoms with E-state index in [2.05, 4.69) is 40.2 Å². The van der Waals surface area contributed by atoms with Crippen LogP contribution in [-0.4, -0.2) is 59.2 Å². The van der Waals surface area contributed by atoms with Crippen molar-refractivity contribution in [3.8, 4) is 17.0 Å². The summed E-state index contributed by atoms with van der Waals surface area (Å²) in [6, 6.07) is 5.93. The van der Waals surface area contributed by atoms with E-state index in [1.807, 2.05) is 10.8 Å². The van der Waals surface area contributed by atoms with E-state index in [9.17, 15) is 14.7 Å². The van der Waals surface area contributed by atoms with E-state index in [0.29, 0.717) is 28.8 Å². The molecule has 0 saturated heterocycles. The Morgan fingerprint density at radius 3 is 2.45 bits per heavy atom. The highest BCUT2D eigenvalue weighted by atomic mass is 35.5. The number of aromatic nitrogens is 3. The van der Waals surface area contributed by atoms with Crippen molar-refractivity contribution in [2.45, 2.75) is 58.8 Å². The second-order valence-corrected chi connectivity index (χ2v) is 16.8. The van der Waals surface area contributed by atoms with Crippen molar-refractivity contribution >= 4 is 54.3 Å². The van der Waals surface area contributed by atoms with Gasteiger partial charge >= 0.3 is 12.2 Å². The van der Waals surface area contributed by atoms with Crippen molar-refractivity contribution in [1.82, 2.24) is 14.5 Å². The Labute approximate surface area is 227 Å². The van der Waals surface area contributed by atoms with Gasteiger partial charge in [0.15, 0.2) is 5.65 Å². The van der Waals surface area contributed by atoms with Gasteiger partial charge in [0, 0.05) is 26.4 Å². The highest BCUT2D eigenvalue weighted by Crippen LogP contribution is 2.38. The molecule has 2 amide bonds. The molecule has 0 aliphatic heterocycles. The summed E-state index contributed by atoms with van der Waals surface area (Å²) < 4.78 is 18.6. The quantitative estimate of drug-likeness (QED) is 0.152. The first-order valence-electron chi connectivity index (χ1n) is 12.0. The SMILES string of the molecule is COc1nc(Cl)nc2c1c(-c1ccc(NC(=O)OC(C)(C)C)c(NC(=O)O)c1)cn2COCC[Si](C)(C)C. The van der Waals surface area contributed by atoms with Gasteiger partial charge in [0.1, 0.15) is 12.3 Å².